The molecule has 1 aromatic rings. The monoisotopic (exact) mass is 475 g/mol. The number of ether oxygens (including phenoxy) is 1. The molecule has 1 saturated heterocycles. The van der Waals surface area contributed by atoms with Gasteiger partial charge in [-0.3, -0.25) is 9.89 Å². The summed E-state index contributed by atoms with van der Waals surface area (Å²) in [5.74, 6) is 1.86. The molecule has 1 heterocycles. The van der Waals surface area contributed by atoms with Crippen LogP contribution in [0.1, 0.15) is 5.56 Å². The molecule has 1 atom stereocenters. The van der Waals surface area contributed by atoms with Crippen molar-refractivity contribution in [2.24, 2.45) is 4.99 Å². The average Bonchev–Trinajstić information content (AvgIpc) is 2.60. The van der Waals surface area contributed by atoms with Gasteiger partial charge in [-0.2, -0.15) is 0 Å². The highest BCUT2D eigenvalue weighted by Crippen LogP contribution is 2.15. The van der Waals surface area contributed by atoms with E-state index in [2.05, 4.69) is 52.1 Å². The third kappa shape index (κ3) is 6.92. The fourth-order valence-electron chi connectivity index (χ4n) is 3.03. The lowest BCUT2D eigenvalue weighted by atomic mass is 10.2. The van der Waals surface area contributed by atoms with Crippen molar-refractivity contribution in [3.8, 4) is 5.75 Å². The van der Waals surface area contributed by atoms with E-state index in [9.17, 15) is 0 Å². The Hall–Kier alpha value is -1.06. The van der Waals surface area contributed by atoms with Gasteiger partial charge in [0.15, 0.2) is 5.96 Å². The van der Waals surface area contributed by atoms with E-state index in [0.717, 1.165) is 50.0 Å². The molecule has 7 heteroatoms. The fourth-order valence-corrected chi connectivity index (χ4v) is 3.03. The molecule has 6 nitrogen and oxygen atoms in total. The molecule has 1 N–H and O–H groups in total. The lowest BCUT2D eigenvalue weighted by Crippen LogP contribution is -2.55. The third-order valence-corrected chi connectivity index (χ3v) is 4.83. The predicted molar refractivity (Wildman–Crippen MR) is 120 cm³/mol. The third-order valence-electron chi connectivity index (χ3n) is 4.83. The van der Waals surface area contributed by atoms with Gasteiger partial charge in [0.05, 0.1) is 6.54 Å². The topological polar surface area (TPSA) is 43.3 Å². The number of benzene rings is 1. The molecule has 1 aliphatic rings. The maximum Gasteiger partial charge on any atom is 0.193 e. The lowest BCUT2D eigenvalue weighted by molar-refractivity contribution is 0.116. The first-order valence-electron chi connectivity index (χ1n) is 9.00. The first-order chi connectivity index (χ1) is 12.0. The summed E-state index contributed by atoms with van der Waals surface area (Å²) in [6.07, 6.45) is 0. The number of nitrogens with one attached hydrogen (secondary N) is 1. The van der Waals surface area contributed by atoms with Crippen molar-refractivity contribution in [3.05, 3.63) is 29.8 Å². The van der Waals surface area contributed by atoms with E-state index >= 15 is 0 Å². The summed E-state index contributed by atoms with van der Waals surface area (Å²) in [5, 5.41) is 3.50. The second-order valence-corrected chi connectivity index (χ2v) is 6.86. The molecular formula is C19H34IN5O. The zero-order chi connectivity index (χ0) is 18.2. The Balaban J connectivity index is 0.00000338. The van der Waals surface area contributed by atoms with Gasteiger partial charge in [0.1, 0.15) is 12.4 Å². The van der Waals surface area contributed by atoms with Crippen molar-refractivity contribution >= 4 is 29.9 Å². The number of likely N-dealkylation sites (N-methyl/N-ethyl adjacent to an activating group) is 3. The number of aliphatic imine (C=N–C) groups is 1. The maximum atomic E-state index is 5.89. The SMILES string of the molecule is CN=C(NCC1CN(C)CCN1C)N(C)CCOc1ccccc1C.I. The van der Waals surface area contributed by atoms with Gasteiger partial charge >= 0.3 is 0 Å². The van der Waals surface area contributed by atoms with Crippen molar-refractivity contribution in [2.45, 2.75) is 13.0 Å². The lowest BCUT2D eigenvalue weighted by Gasteiger charge is -2.38. The second kappa shape index (κ2) is 11.6. The smallest absolute Gasteiger partial charge is 0.193 e. The van der Waals surface area contributed by atoms with Crippen LogP contribution in [-0.2, 0) is 0 Å². The van der Waals surface area contributed by atoms with Crippen LogP contribution in [-0.4, -0.2) is 94.2 Å². The Morgan fingerprint density at radius 1 is 1.31 bits per heavy atom. The van der Waals surface area contributed by atoms with Crippen molar-refractivity contribution in [3.63, 3.8) is 0 Å². The summed E-state index contributed by atoms with van der Waals surface area (Å²) >= 11 is 0. The number of aryl methyl sites for hydroxylation is 1. The van der Waals surface area contributed by atoms with Crippen LogP contribution in [0.5, 0.6) is 5.75 Å². The van der Waals surface area contributed by atoms with Crippen LogP contribution in [0.15, 0.2) is 29.3 Å². The minimum atomic E-state index is 0. The minimum absolute atomic E-state index is 0. The molecule has 26 heavy (non-hydrogen) atoms. The highest BCUT2D eigenvalue weighted by Gasteiger charge is 2.22. The Labute approximate surface area is 175 Å². The quantitative estimate of drug-likeness (QED) is 0.386. The molecule has 0 bridgehead atoms. The Morgan fingerprint density at radius 3 is 2.73 bits per heavy atom. The molecule has 0 spiro atoms. The summed E-state index contributed by atoms with van der Waals surface area (Å²) in [5.41, 5.74) is 1.16. The summed E-state index contributed by atoms with van der Waals surface area (Å²) in [6.45, 7) is 7.72. The van der Waals surface area contributed by atoms with Gasteiger partial charge in [-0.15, -0.1) is 24.0 Å². The number of piperazine rings is 1. The normalized spacial score (nSPS) is 19.0. The molecule has 1 fully saturated rings. The van der Waals surface area contributed by atoms with E-state index < -0.39 is 0 Å². The molecule has 1 aliphatic heterocycles. The summed E-state index contributed by atoms with van der Waals surface area (Å²) in [7, 11) is 8.26. The standard InChI is InChI=1S/C19H33N5O.HI/c1-16-8-6-7-9-18(16)25-13-12-24(5)19(20-2)21-14-17-15-22(3)10-11-23(17)4;/h6-9,17H,10-15H2,1-5H3,(H,20,21);1H. The second-order valence-electron chi connectivity index (χ2n) is 6.86. The van der Waals surface area contributed by atoms with Gasteiger partial charge in [-0.05, 0) is 32.6 Å². The van der Waals surface area contributed by atoms with E-state index in [0.29, 0.717) is 12.6 Å². The van der Waals surface area contributed by atoms with E-state index in [4.69, 9.17) is 4.74 Å². The molecular weight excluding hydrogens is 441 g/mol. The van der Waals surface area contributed by atoms with Gasteiger partial charge in [0.25, 0.3) is 0 Å². The van der Waals surface area contributed by atoms with Gasteiger partial charge in [0.2, 0.25) is 0 Å². The minimum Gasteiger partial charge on any atom is -0.491 e. The van der Waals surface area contributed by atoms with E-state index in [1.165, 1.54) is 0 Å². The Morgan fingerprint density at radius 2 is 2.04 bits per heavy atom. The number of halogens is 1. The number of para-hydroxylation sites is 1. The van der Waals surface area contributed by atoms with Crippen molar-refractivity contribution < 1.29 is 4.74 Å². The zero-order valence-corrected chi connectivity index (χ0v) is 19.1. The number of hydrogen-bond acceptors (Lipinski definition) is 4. The number of guanidine groups is 1. The molecule has 148 valence electrons. The average molecular weight is 475 g/mol. The predicted octanol–water partition coefficient (Wildman–Crippen LogP) is 1.74. The van der Waals surface area contributed by atoms with Crippen LogP contribution >= 0.6 is 24.0 Å². The first-order valence-corrected chi connectivity index (χ1v) is 9.00. The van der Waals surface area contributed by atoms with Crippen LogP contribution in [0, 0.1) is 6.92 Å². The largest absolute Gasteiger partial charge is 0.491 e. The number of hydrogen-bond donors (Lipinski definition) is 1. The zero-order valence-electron chi connectivity index (χ0n) is 16.7. The van der Waals surface area contributed by atoms with Gasteiger partial charge in [-0.25, -0.2) is 0 Å². The van der Waals surface area contributed by atoms with Crippen LogP contribution in [0.2, 0.25) is 0 Å². The molecule has 0 saturated carbocycles. The number of nitrogens with zero attached hydrogens (tertiary/aromatic N) is 4. The molecule has 0 amide bonds. The van der Waals surface area contributed by atoms with Crippen molar-refractivity contribution in [2.75, 3.05) is 67.5 Å². The molecule has 0 aromatic heterocycles. The van der Waals surface area contributed by atoms with E-state index in [-0.39, 0.29) is 24.0 Å². The Bertz CT molecular complexity index is 569. The van der Waals surface area contributed by atoms with Crippen LogP contribution in [0.4, 0.5) is 0 Å². The van der Waals surface area contributed by atoms with Crippen LogP contribution in [0.25, 0.3) is 0 Å². The Kier molecular flexibility index (Phi) is 10.3. The van der Waals surface area contributed by atoms with Crippen molar-refractivity contribution in [1.82, 2.24) is 20.0 Å². The summed E-state index contributed by atoms with van der Waals surface area (Å²) in [6, 6.07) is 8.62. The van der Waals surface area contributed by atoms with Crippen LogP contribution < -0.4 is 10.1 Å². The molecule has 2 rings (SSSR count). The van der Waals surface area contributed by atoms with Gasteiger partial charge < -0.3 is 19.9 Å². The highest BCUT2D eigenvalue weighted by atomic mass is 127. The van der Waals surface area contributed by atoms with Gasteiger partial charge in [-0.1, -0.05) is 18.2 Å². The molecule has 0 aliphatic carbocycles. The summed E-state index contributed by atoms with van der Waals surface area (Å²) < 4.78 is 5.89. The number of rotatable bonds is 6. The van der Waals surface area contributed by atoms with E-state index in [1.54, 1.807) is 0 Å². The molecule has 0 radical (unpaired) electrons. The van der Waals surface area contributed by atoms with Crippen molar-refractivity contribution in [1.29, 1.82) is 0 Å². The molecule has 1 unspecified atom stereocenters. The molecule has 1 aromatic carbocycles. The summed E-state index contributed by atoms with van der Waals surface area (Å²) in [4.78, 5) is 11.3. The maximum absolute atomic E-state index is 5.89. The first kappa shape index (κ1) is 23.0. The van der Waals surface area contributed by atoms with E-state index in [1.807, 2.05) is 32.3 Å². The van der Waals surface area contributed by atoms with Crippen LogP contribution in [0.3, 0.4) is 0 Å². The fraction of sp³-hybridized carbons (Fsp3) is 0.632. The van der Waals surface area contributed by atoms with Gasteiger partial charge in [0, 0.05) is 46.3 Å². The highest BCUT2D eigenvalue weighted by molar-refractivity contribution is 14.0.